The SMILES string of the molecule is COCCn1c(SC(C)c2nc(N)c3c(C)c(C)sc3n2)nc2cc(Cl)ccc21. The van der Waals surface area contributed by atoms with Crippen molar-refractivity contribution in [3.05, 3.63) is 39.5 Å². The number of thiophene rings is 1. The highest BCUT2D eigenvalue weighted by Crippen LogP contribution is 2.38. The molecular formula is C20H22ClN5OS2. The van der Waals surface area contributed by atoms with Gasteiger partial charge in [-0.1, -0.05) is 23.4 Å². The third kappa shape index (κ3) is 3.82. The average molecular weight is 448 g/mol. The van der Waals surface area contributed by atoms with Gasteiger partial charge in [-0.15, -0.1) is 11.3 Å². The van der Waals surface area contributed by atoms with Crippen molar-refractivity contribution >= 4 is 61.8 Å². The lowest BCUT2D eigenvalue weighted by Crippen LogP contribution is -2.07. The Morgan fingerprint density at radius 1 is 1.28 bits per heavy atom. The molecule has 1 unspecified atom stereocenters. The van der Waals surface area contributed by atoms with Gasteiger partial charge in [-0.2, -0.15) is 0 Å². The van der Waals surface area contributed by atoms with E-state index in [0.29, 0.717) is 29.8 Å². The molecule has 2 N–H and O–H groups in total. The number of nitrogen functional groups attached to an aromatic ring is 1. The van der Waals surface area contributed by atoms with Crippen molar-refractivity contribution < 1.29 is 4.74 Å². The number of ether oxygens (including phenoxy) is 1. The Hall–Kier alpha value is -1.87. The van der Waals surface area contributed by atoms with E-state index in [-0.39, 0.29) is 5.25 Å². The fourth-order valence-electron chi connectivity index (χ4n) is 3.26. The monoisotopic (exact) mass is 447 g/mol. The van der Waals surface area contributed by atoms with Crippen molar-refractivity contribution in [3.8, 4) is 0 Å². The highest BCUT2D eigenvalue weighted by atomic mass is 35.5. The molecule has 0 aliphatic rings. The predicted octanol–water partition coefficient (Wildman–Crippen LogP) is 5.39. The molecule has 1 aromatic carbocycles. The van der Waals surface area contributed by atoms with Gasteiger partial charge in [-0.3, -0.25) is 0 Å². The molecule has 0 saturated carbocycles. The molecule has 3 heterocycles. The van der Waals surface area contributed by atoms with E-state index >= 15 is 0 Å². The van der Waals surface area contributed by atoms with E-state index in [1.807, 2.05) is 18.2 Å². The van der Waals surface area contributed by atoms with Crippen LogP contribution in [0.3, 0.4) is 0 Å². The van der Waals surface area contributed by atoms with Gasteiger partial charge in [0.2, 0.25) is 0 Å². The fraction of sp³-hybridized carbons (Fsp3) is 0.350. The van der Waals surface area contributed by atoms with Gasteiger partial charge in [-0.25, -0.2) is 15.0 Å². The van der Waals surface area contributed by atoms with Crippen molar-refractivity contribution in [1.82, 2.24) is 19.5 Å². The number of hydrogen-bond acceptors (Lipinski definition) is 7. The molecule has 0 fully saturated rings. The minimum Gasteiger partial charge on any atom is -0.383 e. The summed E-state index contributed by atoms with van der Waals surface area (Å²) in [6, 6.07) is 5.76. The Labute approximate surface area is 182 Å². The molecule has 0 bridgehead atoms. The lowest BCUT2D eigenvalue weighted by atomic mass is 10.2. The molecule has 9 heteroatoms. The third-order valence-corrected chi connectivity index (χ3v) is 7.34. The summed E-state index contributed by atoms with van der Waals surface area (Å²) >= 11 is 9.43. The van der Waals surface area contributed by atoms with Crippen LogP contribution in [0.2, 0.25) is 5.02 Å². The second-order valence-electron chi connectivity index (χ2n) is 6.86. The Kier molecular flexibility index (Phi) is 5.70. The van der Waals surface area contributed by atoms with Crippen LogP contribution in [-0.4, -0.2) is 33.2 Å². The van der Waals surface area contributed by atoms with Gasteiger partial charge < -0.3 is 15.0 Å². The molecule has 0 aliphatic carbocycles. The van der Waals surface area contributed by atoms with Crippen LogP contribution < -0.4 is 5.73 Å². The number of thioether (sulfide) groups is 1. The zero-order valence-electron chi connectivity index (χ0n) is 16.7. The molecule has 0 saturated heterocycles. The first kappa shape index (κ1) is 20.4. The number of nitrogens with zero attached hydrogens (tertiary/aromatic N) is 4. The third-order valence-electron chi connectivity index (χ3n) is 4.91. The van der Waals surface area contributed by atoms with Gasteiger partial charge in [0.25, 0.3) is 0 Å². The quantitative estimate of drug-likeness (QED) is 0.399. The van der Waals surface area contributed by atoms with Crippen LogP contribution in [0, 0.1) is 13.8 Å². The largest absolute Gasteiger partial charge is 0.383 e. The van der Waals surface area contributed by atoms with E-state index in [1.54, 1.807) is 30.2 Å². The molecule has 0 radical (unpaired) electrons. The molecular weight excluding hydrogens is 426 g/mol. The molecule has 152 valence electrons. The highest BCUT2D eigenvalue weighted by Gasteiger charge is 2.20. The minimum absolute atomic E-state index is 0.0157. The maximum Gasteiger partial charge on any atom is 0.169 e. The number of rotatable bonds is 6. The second kappa shape index (κ2) is 8.10. The maximum atomic E-state index is 6.27. The first-order valence-electron chi connectivity index (χ1n) is 9.23. The zero-order valence-corrected chi connectivity index (χ0v) is 19.1. The van der Waals surface area contributed by atoms with Gasteiger partial charge in [0.15, 0.2) is 5.16 Å². The second-order valence-corrected chi connectivity index (χ2v) is 9.81. The zero-order chi connectivity index (χ0) is 20.7. The smallest absolute Gasteiger partial charge is 0.169 e. The summed E-state index contributed by atoms with van der Waals surface area (Å²) in [7, 11) is 1.70. The van der Waals surface area contributed by atoms with Crippen molar-refractivity contribution in [2.75, 3.05) is 19.5 Å². The topological polar surface area (TPSA) is 78.9 Å². The van der Waals surface area contributed by atoms with Gasteiger partial charge >= 0.3 is 0 Å². The van der Waals surface area contributed by atoms with Crippen molar-refractivity contribution in [2.24, 2.45) is 0 Å². The number of nitrogens with two attached hydrogens (primary N) is 1. The number of aryl methyl sites for hydroxylation is 2. The Balaban J connectivity index is 1.71. The fourth-order valence-corrected chi connectivity index (χ4v) is 5.47. The Morgan fingerprint density at radius 2 is 2.07 bits per heavy atom. The number of benzene rings is 1. The highest BCUT2D eigenvalue weighted by molar-refractivity contribution is 7.99. The molecule has 4 aromatic rings. The number of halogens is 1. The maximum absolute atomic E-state index is 6.27. The van der Waals surface area contributed by atoms with E-state index in [2.05, 4.69) is 30.3 Å². The Bertz CT molecular complexity index is 1200. The number of anilines is 1. The van der Waals surface area contributed by atoms with Gasteiger partial charge in [-0.05, 0) is 44.5 Å². The molecule has 6 nitrogen and oxygen atoms in total. The number of fused-ring (bicyclic) bond motifs is 2. The van der Waals surface area contributed by atoms with Gasteiger partial charge in [0.1, 0.15) is 16.5 Å². The number of methoxy groups -OCH3 is 1. The van der Waals surface area contributed by atoms with Crippen molar-refractivity contribution in [3.63, 3.8) is 0 Å². The van der Waals surface area contributed by atoms with E-state index in [4.69, 9.17) is 32.0 Å². The van der Waals surface area contributed by atoms with E-state index < -0.39 is 0 Å². The predicted molar refractivity (Wildman–Crippen MR) is 122 cm³/mol. The summed E-state index contributed by atoms with van der Waals surface area (Å²) in [5, 5.41) is 2.50. The lowest BCUT2D eigenvalue weighted by Gasteiger charge is -2.13. The minimum atomic E-state index is -0.0157. The van der Waals surface area contributed by atoms with E-state index in [1.165, 1.54) is 4.88 Å². The van der Waals surface area contributed by atoms with Gasteiger partial charge in [0, 0.05) is 23.6 Å². The van der Waals surface area contributed by atoms with Crippen molar-refractivity contribution in [2.45, 2.75) is 37.7 Å². The van der Waals surface area contributed by atoms with Crippen LogP contribution in [0.5, 0.6) is 0 Å². The van der Waals surface area contributed by atoms with E-state index in [9.17, 15) is 0 Å². The standard InChI is InChI=1S/C20H22ClN5OS2/c1-10-11(2)28-19-16(10)17(22)24-18(25-19)12(3)29-20-23-14-9-13(21)5-6-15(14)26(20)7-8-27-4/h5-6,9,12H,7-8H2,1-4H3,(H2,22,24,25). The van der Waals surface area contributed by atoms with E-state index in [0.717, 1.165) is 32.0 Å². The summed E-state index contributed by atoms with van der Waals surface area (Å²) in [5.74, 6) is 1.25. The Morgan fingerprint density at radius 3 is 2.83 bits per heavy atom. The molecule has 1 atom stereocenters. The first-order chi connectivity index (χ1) is 13.9. The van der Waals surface area contributed by atoms with Crippen molar-refractivity contribution in [1.29, 1.82) is 0 Å². The van der Waals surface area contributed by atoms with Crippen LogP contribution in [-0.2, 0) is 11.3 Å². The van der Waals surface area contributed by atoms with Crippen LogP contribution in [0.25, 0.3) is 21.3 Å². The molecule has 0 spiro atoms. The summed E-state index contributed by atoms with van der Waals surface area (Å²) in [4.78, 5) is 16.4. The van der Waals surface area contributed by atoms with Crippen LogP contribution in [0.15, 0.2) is 23.4 Å². The molecule has 0 amide bonds. The summed E-state index contributed by atoms with van der Waals surface area (Å²) in [5.41, 5.74) is 9.32. The van der Waals surface area contributed by atoms with Crippen LogP contribution in [0.4, 0.5) is 5.82 Å². The average Bonchev–Trinajstić information content (AvgIpc) is 3.16. The number of aromatic nitrogens is 4. The van der Waals surface area contributed by atoms with Gasteiger partial charge in [0.05, 0.1) is 28.3 Å². The van der Waals surface area contributed by atoms with Crippen LogP contribution >= 0.6 is 34.7 Å². The lowest BCUT2D eigenvalue weighted by molar-refractivity contribution is 0.186. The summed E-state index contributed by atoms with van der Waals surface area (Å²) in [6.45, 7) is 7.52. The number of imidazole rings is 1. The van der Waals surface area contributed by atoms with Crippen LogP contribution in [0.1, 0.15) is 28.4 Å². The molecule has 3 aromatic heterocycles. The first-order valence-corrected chi connectivity index (χ1v) is 11.3. The molecule has 4 rings (SSSR count). The number of hydrogen-bond donors (Lipinski definition) is 1. The molecule has 29 heavy (non-hydrogen) atoms. The molecule has 0 aliphatic heterocycles. The summed E-state index contributed by atoms with van der Waals surface area (Å²) in [6.07, 6.45) is 0. The normalized spacial score (nSPS) is 12.9. The summed E-state index contributed by atoms with van der Waals surface area (Å²) < 4.78 is 7.44.